The number of hydrogen-bond acceptors (Lipinski definition) is 1. The zero-order valence-corrected chi connectivity index (χ0v) is 6.15. The van der Waals surface area contributed by atoms with Crippen molar-refractivity contribution >= 4 is 5.96 Å². The zero-order valence-electron chi connectivity index (χ0n) is 6.15. The summed E-state index contributed by atoms with van der Waals surface area (Å²) in [5.41, 5.74) is 5.41. The highest BCUT2D eigenvalue weighted by Crippen LogP contribution is 1.75. The Morgan fingerprint density at radius 2 is 2.22 bits per heavy atom. The Hall–Kier alpha value is -0.730. The van der Waals surface area contributed by atoms with E-state index in [2.05, 4.69) is 17.2 Å². The molecule has 0 aromatic carbocycles. The van der Waals surface area contributed by atoms with Crippen molar-refractivity contribution in [2.45, 2.75) is 20.3 Å². The number of nitrogens with one attached hydrogen (secondary N) is 1. The Labute approximate surface area is 56.3 Å². The van der Waals surface area contributed by atoms with Crippen molar-refractivity contribution in [2.24, 2.45) is 10.7 Å². The molecule has 0 saturated carbocycles. The number of hydrogen-bond donors (Lipinski definition) is 2. The van der Waals surface area contributed by atoms with Crippen LogP contribution in [0.5, 0.6) is 0 Å². The van der Waals surface area contributed by atoms with E-state index < -0.39 is 0 Å². The Morgan fingerprint density at radius 3 is 2.67 bits per heavy atom. The van der Waals surface area contributed by atoms with Crippen molar-refractivity contribution in [1.82, 2.24) is 5.32 Å². The smallest absolute Gasteiger partial charge is 0.188 e. The van der Waals surface area contributed by atoms with Crippen molar-refractivity contribution < 1.29 is 0 Å². The zero-order chi connectivity index (χ0) is 7.11. The largest absolute Gasteiger partial charge is 0.370 e. The first-order chi connectivity index (χ1) is 4.31. The molecule has 3 nitrogen and oxygen atoms in total. The normalized spacial score (nSPS) is 11.6. The molecule has 0 aliphatic heterocycles. The van der Waals surface area contributed by atoms with E-state index in [4.69, 9.17) is 5.73 Å². The fourth-order valence-electron chi connectivity index (χ4n) is 0.469. The van der Waals surface area contributed by atoms with Crippen LogP contribution < -0.4 is 11.1 Å². The molecule has 0 atom stereocenters. The van der Waals surface area contributed by atoms with Gasteiger partial charge in [0.1, 0.15) is 0 Å². The molecule has 0 heterocycles. The fourth-order valence-corrected chi connectivity index (χ4v) is 0.469. The van der Waals surface area contributed by atoms with Gasteiger partial charge in [-0.2, -0.15) is 0 Å². The summed E-state index contributed by atoms with van der Waals surface area (Å²) in [5.74, 6) is 0.555. The van der Waals surface area contributed by atoms with Gasteiger partial charge in [-0.15, -0.1) is 0 Å². The number of nitrogens with zero attached hydrogens (tertiary/aromatic N) is 1. The number of guanidine groups is 1. The van der Waals surface area contributed by atoms with Gasteiger partial charge in [0.25, 0.3) is 0 Å². The molecule has 3 N–H and O–H groups in total. The second kappa shape index (κ2) is 5.41. The van der Waals surface area contributed by atoms with E-state index in [1.807, 2.05) is 6.92 Å². The lowest BCUT2D eigenvalue weighted by molar-refractivity contribution is 0.889. The molecule has 0 bridgehead atoms. The molecule has 0 amide bonds. The monoisotopic (exact) mass is 129 g/mol. The van der Waals surface area contributed by atoms with E-state index >= 15 is 0 Å². The predicted molar refractivity (Wildman–Crippen MR) is 40.5 cm³/mol. The van der Waals surface area contributed by atoms with Crippen LogP contribution in [-0.2, 0) is 0 Å². The van der Waals surface area contributed by atoms with E-state index in [0.717, 1.165) is 19.5 Å². The molecule has 0 radical (unpaired) electrons. The quantitative estimate of drug-likeness (QED) is 0.426. The third-order valence-electron chi connectivity index (χ3n) is 0.864. The van der Waals surface area contributed by atoms with Crippen LogP contribution in [0.4, 0.5) is 0 Å². The van der Waals surface area contributed by atoms with Crippen LogP contribution in [0.2, 0.25) is 0 Å². The van der Waals surface area contributed by atoms with Gasteiger partial charge in [0.2, 0.25) is 0 Å². The van der Waals surface area contributed by atoms with Crippen molar-refractivity contribution in [3.05, 3.63) is 0 Å². The summed E-state index contributed by atoms with van der Waals surface area (Å²) in [4.78, 5) is 4.02. The lowest BCUT2D eigenvalue weighted by Crippen LogP contribution is -2.31. The highest BCUT2D eigenvalue weighted by molar-refractivity contribution is 5.77. The molecule has 54 valence electrons. The van der Waals surface area contributed by atoms with Gasteiger partial charge in [0.15, 0.2) is 5.96 Å². The highest BCUT2D eigenvalue weighted by Gasteiger charge is 1.83. The second-order valence-corrected chi connectivity index (χ2v) is 1.80. The van der Waals surface area contributed by atoms with Crippen molar-refractivity contribution in [3.63, 3.8) is 0 Å². The predicted octanol–water partition coefficient (Wildman–Crippen LogP) is 0.321. The van der Waals surface area contributed by atoms with E-state index in [9.17, 15) is 0 Å². The van der Waals surface area contributed by atoms with Gasteiger partial charge in [-0.05, 0) is 13.3 Å². The Bertz CT molecular complexity index is 88.3. The third-order valence-corrected chi connectivity index (χ3v) is 0.864. The maximum Gasteiger partial charge on any atom is 0.188 e. The summed E-state index contributed by atoms with van der Waals surface area (Å²) in [7, 11) is 0. The van der Waals surface area contributed by atoms with Crippen LogP contribution in [0.25, 0.3) is 0 Å². The van der Waals surface area contributed by atoms with Crippen LogP contribution >= 0.6 is 0 Å². The first-order valence-electron chi connectivity index (χ1n) is 3.35. The highest BCUT2D eigenvalue weighted by atomic mass is 15.1. The Morgan fingerprint density at radius 1 is 1.56 bits per heavy atom. The lowest BCUT2D eigenvalue weighted by atomic mass is 10.5. The Kier molecular flexibility index (Phi) is 4.97. The number of aliphatic imine (C=N–C) groups is 1. The molecular formula is C6H15N3. The average Bonchev–Trinajstić information content (AvgIpc) is 1.85. The maximum atomic E-state index is 5.41. The first kappa shape index (κ1) is 8.27. The van der Waals surface area contributed by atoms with Gasteiger partial charge in [-0.1, -0.05) is 6.92 Å². The van der Waals surface area contributed by atoms with Crippen LogP contribution in [-0.4, -0.2) is 19.0 Å². The van der Waals surface area contributed by atoms with Gasteiger partial charge in [-0.25, -0.2) is 0 Å². The molecule has 0 rings (SSSR count). The van der Waals surface area contributed by atoms with E-state index in [1.54, 1.807) is 0 Å². The molecule has 0 saturated heterocycles. The SMILES string of the molecule is CCCN=C(N)NCC. The van der Waals surface area contributed by atoms with Gasteiger partial charge >= 0.3 is 0 Å². The second-order valence-electron chi connectivity index (χ2n) is 1.80. The summed E-state index contributed by atoms with van der Waals surface area (Å²) in [6.07, 6.45) is 1.05. The summed E-state index contributed by atoms with van der Waals surface area (Å²) in [6.45, 7) is 5.73. The fraction of sp³-hybridized carbons (Fsp3) is 0.833. The molecule has 9 heavy (non-hydrogen) atoms. The van der Waals surface area contributed by atoms with E-state index in [-0.39, 0.29) is 0 Å². The average molecular weight is 129 g/mol. The maximum absolute atomic E-state index is 5.41. The van der Waals surface area contributed by atoms with Crippen LogP contribution in [0.3, 0.4) is 0 Å². The van der Waals surface area contributed by atoms with E-state index in [1.165, 1.54) is 0 Å². The molecular weight excluding hydrogens is 114 g/mol. The minimum absolute atomic E-state index is 0.555. The Balaban J connectivity index is 3.30. The van der Waals surface area contributed by atoms with Crippen LogP contribution in [0.15, 0.2) is 4.99 Å². The summed E-state index contributed by atoms with van der Waals surface area (Å²) in [5, 5.41) is 2.91. The van der Waals surface area contributed by atoms with E-state index in [0.29, 0.717) is 5.96 Å². The number of nitrogens with two attached hydrogens (primary N) is 1. The van der Waals surface area contributed by atoms with Crippen molar-refractivity contribution in [3.8, 4) is 0 Å². The molecule has 3 heteroatoms. The molecule has 0 aliphatic rings. The first-order valence-corrected chi connectivity index (χ1v) is 3.35. The molecule has 0 aromatic rings. The van der Waals surface area contributed by atoms with Gasteiger partial charge in [0, 0.05) is 13.1 Å². The standard InChI is InChI=1S/C6H15N3/c1-3-5-9-6(7)8-4-2/h3-5H2,1-2H3,(H3,7,8,9). The minimum atomic E-state index is 0.555. The molecule has 0 aliphatic carbocycles. The lowest BCUT2D eigenvalue weighted by Gasteiger charge is -1.99. The minimum Gasteiger partial charge on any atom is -0.370 e. The molecule has 0 spiro atoms. The van der Waals surface area contributed by atoms with Gasteiger partial charge in [-0.3, -0.25) is 4.99 Å². The van der Waals surface area contributed by atoms with Crippen LogP contribution in [0.1, 0.15) is 20.3 Å². The molecule has 0 aromatic heterocycles. The van der Waals surface area contributed by atoms with Crippen molar-refractivity contribution in [2.75, 3.05) is 13.1 Å². The molecule has 0 unspecified atom stereocenters. The molecule has 0 fully saturated rings. The summed E-state index contributed by atoms with van der Waals surface area (Å²) < 4.78 is 0. The topological polar surface area (TPSA) is 50.4 Å². The van der Waals surface area contributed by atoms with Crippen molar-refractivity contribution in [1.29, 1.82) is 0 Å². The van der Waals surface area contributed by atoms with Crippen LogP contribution in [0, 0.1) is 0 Å². The number of rotatable bonds is 3. The summed E-state index contributed by atoms with van der Waals surface area (Å²) >= 11 is 0. The van der Waals surface area contributed by atoms with Gasteiger partial charge < -0.3 is 11.1 Å². The third kappa shape index (κ3) is 5.14. The van der Waals surface area contributed by atoms with Gasteiger partial charge in [0.05, 0.1) is 0 Å². The summed E-state index contributed by atoms with van der Waals surface area (Å²) in [6, 6.07) is 0.